The Morgan fingerprint density at radius 2 is 1.86 bits per heavy atom. The van der Waals surface area contributed by atoms with E-state index in [1.807, 2.05) is 55.7 Å². The third-order valence-electron chi connectivity index (χ3n) is 10.3. The number of aromatic nitrogens is 5. The predicted molar refractivity (Wildman–Crippen MR) is 191 cm³/mol. The molecular formula is C36H42N10O3S. The van der Waals surface area contributed by atoms with Crippen LogP contribution in [0.1, 0.15) is 56.1 Å². The monoisotopic (exact) mass is 694 g/mol. The number of hydrogen-bond acceptors (Lipinski definition) is 10. The molecule has 1 spiro atoms. The fraction of sp³-hybridized carbons (Fsp3) is 0.444. The fourth-order valence-corrected chi connectivity index (χ4v) is 9.90. The van der Waals surface area contributed by atoms with Gasteiger partial charge < -0.3 is 15.5 Å². The van der Waals surface area contributed by atoms with E-state index >= 15 is 0 Å². The molecule has 1 atom stereocenters. The van der Waals surface area contributed by atoms with Crippen LogP contribution in [0.4, 0.5) is 22.4 Å². The number of urea groups is 1. The number of nitrogens with one attached hydrogen (secondary N) is 2. The van der Waals surface area contributed by atoms with Crippen molar-refractivity contribution in [2.75, 3.05) is 39.7 Å². The van der Waals surface area contributed by atoms with Crippen LogP contribution in [0.15, 0.2) is 67.3 Å². The summed E-state index contributed by atoms with van der Waals surface area (Å²) >= 11 is 0. The first-order valence-electron chi connectivity index (χ1n) is 17.2. The van der Waals surface area contributed by atoms with E-state index in [1.54, 1.807) is 28.2 Å². The topological polar surface area (TPSA) is 162 Å². The maximum Gasteiger partial charge on any atom is 0.323 e. The van der Waals surface area contributed by atoms with Crippen LogP contribution in [0.25, 0.3) is 11.1 Å². The molecule has 4 aromatic rings. The Hall–Kier alpha value is -5.03. The van der Waals surface area contributed by atoms with E-state index in [9.17, 15) is 18.5 Å². The third-order valence-corrected chi connectivity index (χ3v) is 12.1. The van der Waals surface area contributed by atoms with Crippen molar-refractivity contribution in [3.63, 3.8) is 0 Å². The molecule has 3 aliphatic rings. The number of nitriles is 1. The summed E-state index contributed by atoms with van der Waals surface area (Å²) in [5.41, 5.74) is 3.00. The molecule has 0 bridgehead atoms. The zero-order valence-corrected chi connectivity index (χ0v) is 29.0. The van der Waals surface area contributed by atoms with Crippen LogP contribution >= 0.6 is 0 Å². The van der Waals surface area contributed by atoms with Crippen LogP contribution < -0.4 is 20.4 Å². The van der Waals surface area contributed by atoms with Gasteiger partial charge in [0.2, 0.25) is 5.95 Å². The zero-order chi connectivity index (χ0) is 34.7. The van der Waals surface area contributed by atoms with Gasteiger partial charge in [0.15, 0.2) is 15.7 Å². The summed E-state index contributed by atoms with van der Waals surface area (Å²) in [6, 6.07) is 15.8. The molecule has 13 nitrogen and oxygen atoms in total. The summed E-state index contributed by atoms with van der Waals surface area (Å²) < 4.78 is 26.4. The predicted octanol–water partition coefficient (Wildman–Crippen LogP) is 4.69. The Labute approximate surface area is 292 Å². The first-order valence-corrected chi connectivity index (χ1v) is 19.1. The standard InChI is InChI=1S/C36H42N10O3S/c1-44-23-29(22-41-44)27-8-13-32(38-20-27)46(35(47)40-19-26-6-3-2-4-7-26)31-11-9-30(10-12-31)42-34-39-21-28(18-37)33(43-34)45-16-5-14-36(24-45)15-17-50(48,49)25-36/h2-4,6-8,13,20-23,30-31H,5,9-12,14-17,19,24-25H2,1H3,(H,40,47)(H,39,42,43)/t30-,31-,36?. The van der Waals surface area contributed by atoms with Crippen LogP contribution in [-0.4, -0.2) is 75.9 Å². The zero-order valence-electron chi connectivity index (χ0n) is 28.2. The highest BCUT2D eigenvalue weighted by molar-refractivity contribution is 7.91. The van der Waals surface area contributed by atoms with Gasteiger partial charge in [-0.15, -0.1) is 0 Å². The number of pyridine rings is 1. The van der Waals surface area contributed by atoms with Crippen molar-refractivity contribution in [1.29, 1.82) is 5.26 Å². The molecule has 7 rings (SSSR count). The van der Waals surface area contributed by atoms with Crippen LogP contribution in [0.5, 0.6) is 0 Å². The van der Waals surface area contributed by atoms with Gasteiger partial charge in [-0.2, -0.15) is 15.3 Å². The number of sulfone groups is 1. The molecule has 2 amide bonds. The molecule has 2 saturated heterocycles. The highest BCUT2D eigenvalue weighted by Crippen LogP contribution is 2.42. The maximum atomic E-state index is 13.8. The molecule has 260 valence electrons. The summed E-state index contributed by atoms with van der Waals surface area (Å²) in [6.45, 7) is 1.70. The van der Waals surface area contributed by atoms with E-state index in [0.29, 0.717) is 42.7 Å². The Bertz CT molecular complexity index is 1970. The van der Waals surface area contributed by atoms with Crippen LogP contribution in [-0.2, 0) is 23.4 Å². The van der Waals surface area contributed by atoms with E-state index in [4.69, 9.17) is 9.97 Å². The minimum absolute atomic E-state index is 0.0646. The van der Waals surface area contributed by atoms with Gasteiger partial charge in [-0.1, -0.05) is 30.3 Å². The molecule has 3 fully saturated rings. The van der Waals surface area contributed by atoms with Gasteiger partial charge in [-0.25, -0.2) is 23.2 Å². The Morgan fingerprint density at radius 1 is 1.04 bits per heavy atom. The normalized spacial score (nSPS) is 22.9. The van der Waals surface area contributed by atoms with E-state index in [-0.39, 0.29) is 35.0 Å². The number of carbonyl (C=O) groups excluding carboxylic acids is 1. The summed E-state index contributed by atoms with van der Waals surface area (Å²) in [5.74, 6) is 2.03. The van der Waals surface area contributed by atoms with Gasteiger partial charge >= 0.3 is 6.03 Å². The summed E-state index contributed by atoms with van der Waals surface area (Å²) in [6.07, 6.45) is 12.5. The molecule has 2 N–H and O–H groups in total. The Balaban J connectivity index is 1.04. The second-order valence-electron chi connectivity index (χ2n) is 13.9. The van der Waals surface area contributed by atoms with Crippen molar-refractivity contribution < 1.29 is 13.2 Å². The number of anilines is 3. The Kier molecular flexibility index (Phi) is 9.42. The Morgan fingerprint density at radius 3 is 2.54 bits per heavy atom. The van der Waals surface area contributed by atoms with Crippen molar-refractivity contribution in [2.45, 2.75) is 63.6 Å². The summed E-state index contributed by atoms with van der Waals surface area (Å²) in [7, 11) is -1.17. The van der Waals surface area contributed by atoms with Crippen molar-refractivity contribution >= 4 is 33.5 Å². The first kappa shape index (κ1) is 33.5. The quantitative estimate of drug-likeness (QED) is 0.265. The van der Waals surface area contributed by atoms with E-state index in [0.717, 1.165) is 61.8 Å². The minimum atomic E-state index is -3.04. The van der Waals surface area contributed by atoms with Crippen molar-refractivity contribution in [1.82, 2.24) is 30.0 Å². The van der Waals surface area contributed by atoms with Gasteiger partial charge in [0.05, 0.1) is 23.9 Å². The number of piperidine rings is 1. The van der Waals surface area contributed by atoms with Crippen LogP contribution in [0.2, 0.25) is 0 Å². The number of nitrogens with zero attached hydrogens (tertiary/aromatic N) is 8. The number of carbonyl (C=O) groups is 1. The van der Waals surface area contributed by atoms with Gasteiger partial charge in [0.1, 0.15) is 17.5 Å². The summed E-state index contributed by atoms with van der Waals surface area (Å²) in [5, 5.41) is 20.7. The second-order valence-corrected chi connectivity index (χ2v) is 16.1. The average Bonchev–Trinajstić information content (AvgIpc) is 3.70. The van der Waals surface area contributed by atoms with Gasteiger partial charge in [0, 0.05) is 67.7 Å². The average molecular weight is 695 g/mol. The smallest absolute Gasteiger partial charge is 0.323 e. The lowest BCUT2D eigenvalue weighted by Crippen LogP contribution is -2.49. The molecule has 50 heavy (non-hydrogen) atoms. The fourth-order valence-electron chi connectivity index (χ4n) is 7.70. The molecular weight excluding hydrogens is 653 g/mol. The SMILES string of the molecule is Cn1cc(-c2ccc(N(C(=O)NCc3ccccc3)[C@H]3CC[C@H](Nc4ncc(C#N)c(N5CCCC6(CCS(=O)(=O)C6)C5)n4)CC3)nc2)cn1. The lowest BCUT2D eigenvalue weighted by molar-refractivity contribution is 0.240. The molecule has 5 heterocycles. The van der Waals surface area contributed by atoms with Gasteiger partial charge in [-0.05, 0) is 62.6 Å². The van der Waals surface area contributed by atoms with Crippen LogP contribution in [0, 0.1) is 16.7 Å². The molecule has 1 saturated carbocycles. The van der Waals surface area contributed by atoms with Gasteiger partial charge in [-0.3, -0.25) is 9.58 Å². The minimum Gasteiger partial charge on any atom is -0.355 e. The number of benzene rings is 1. The molecule has 1 aliphatic carbocycles. The second kappa shape index (κ2) is 14.1. The van der Waals surface area contributed by atoms with E-state index in [2.05, 4.69) is 31.7 Å². The largest absolute Gasteiger partial charge is 0.355 e. The number of hydrogen-bond donors (Lipinski definition) is 2. The molecule has 0 radical (unpaired) electrons. The van der Waals surface area contributed by atoms with E-state index in [1.165, 1.54) is 0 Å². The molecule has 3 aromatic heterocycles. The van der Waals surface area contributed by atoms with Crippen molar-refractivity contribution in [2.24, 2.45) is 12.5 Å². The highest BCUT2D eigenvalue weighted by Gasteiger charge is 2.45. The molecule has 1 aromatic carbocycles. The molecule has 14 heteroatoms. The van der Waals surface area contributed by atoms with Crippen molar-refractivity contribution in [3.05, 3.63) is 78.4 Å². The van der Waals surface area contributed by atoms with Crippen LogP contribution in [0.3, 0.4) is 0 Å². The third kappa shape index (κ3) is 7.42. The molecule has 1 unspecified atom stereocenters. The maximum absolute atomic E-state index is 13.8. The lowest BCUT2D eigenvalue weighted by atomic mass is 9.79. The van der Waals surface area contributed by atoms with E-state index < -0.39 is 9.84 Å². The highest BCUT2D eigenvalue weighted by atomic mass is 32.2. The molecule has 2 aliphatic heterocycles. The first-order chi connectivity index (χ1) is 24.2. The lowest BCUT2D eigenvalue weighted by Gasteiger charge is -2.40. The number of aryl methyl sites for hydroxylation is 1. The van der Waals surface area contributed by atoms with Gasteiger partial charge in [0.25, 0.3) is 0 Å². The summed E-state index contributed by atoms with van der Waals surface area (Å²) in [4.78, 5) is 31.7. The number of rotatable bonds is 8. The number of amides is 2. The van der Waals surface area contributed by atoms with Crippen molar-refractivity contribution in [3.8, 4) is 17.2 Å².